The van der Waals surface area contributed by atoms with Gasteiger partial charge >= 0.3 is 0 Å². The van der Waals surface area contributed by atoms with Crippen molar-refractivity contribution in [3.8, 4) is 11.5 Å². The van der Waals surface area contributed by atoms with Gasteiger partial charge in [-0.1, -0.05) is 30.3 Å². The van der Waals surface area contributed by atoms with Gasteiger partial charge in [-0.05, 0) is 19.1 Å². The first-order chi connectivity index (χ1) is 11.6. The van der Waals surface area contributed by atoms with Gasteiger partial charge in [-0.25, -0.2) is 4.98 Å². The number of tetrazole rings is 1. The molecule has 1 aromatic carbocycles. The Morgan fingerprint density at radius 3 is 2.75 bits per heavy atom. The summed E-state index contributed by atoms with van der Waals surface area (Å²) in [5.41, 5.74) is 1.40. The highest BCUT2D eigenvalue weighted by Crippen LogP contribution is 2.23. The number of rotatable bonds is 5. The van der Waals surface area contributed by atoms with Gasteiger partial charge in [0.2, 0.25) is 11.7 Å². The van der Waals surface area contributed by atoms with Crippen LogP contribution in [-0.4, -0.2) is 50.0 Å². The molecule has 2 aromatic heterocycles. The molecule has 0 radical (unpaired) electrons. The zero-order chi connectivity index (χ0) is 17.1. The third-order valence-corrected chi connectivity index (χ3v) is 3.71. The molecule has 8 heteroatoms. The first-order valence-electron chi connectivity index (χ1n) is 7.58. The minimum absolute atomic E-state index is 0.0467. The largest absolute Gasteiger partial charge is 0.431 e. The summed E-state index contributed by atoms with van der Waals surface area (Å²) in [5.74, 6) is 0.980. The number of oxazole rings is 1. The molecule has 0 aliphatic carbocycles. The molecule has 24 heavy (non-hydrogen) atoms. The van der Waals surface area contributed by atoms with E-state index in [-0.39, 0.29) is 17.6 Å². The average Bonchev–Trinajstić information content (AvgIpc) is 3.24. The van der Waals surface area contributed by atoms with E-state index < -0.39 is 0 Å². The molecule has 1 unspecified atom stereocenters. The predicted octanol–water partition coefficient (Wildman–Crippen LogP) is 2.04. The van der Waals surface area contributed by atoms with Crippen molar-refractivity contribution >= 4 is 5.91 Å². The molecule has 2 heterocycles. The van der Waals surface area contributed by atoms with Crippen LogP contribution in [0, 0.1) is 6.92 Å². The van der Waals surface area contributed by atoms with Crippen LogP contribution >= 0.6 is 0 Å². The number of benzene rings is 1. The van der Waals surface area contributed by atoms with E-state index in [9.17, 15) is 4.79 Å². The van der Waals surface area contributed by atoms with Crippen LogP contribution in [0.4, 0.5) is 0 Å². The van der Waals surface area contributed by atoms with Crippen molar-refractivity contribution in [2.24, 2.45) is 0 Å². The fourth-order valence-electron chi connectivity index (χ4n) is 2.43. The summed E-state index contributed by atoms with van der Waals surface area (Å²) in [5, 5.41) is 13.8. The number of aromatic nitrogens is 5. The molecule has 0 spiro atoms. The number of carbonyl (C=O) groups is 1. The Kier molecular flexibility index (Phi) is 4.37. The molecule has 1 N–H and O–H groups in total. The summed E-state index contributed by atoms with van der Waals surface area (Å²) in [6.07, 6.45) is 0. The lowest BCUT2D eigenvalue weighted by Crippen LogP contribution is -2.30. The van der Waals surface area contributed by atoms with Gasteiger partial charge in [-0.3, -0.25) is 4.79 Å². The number of aromatic amines is 1. The van der Waals surface area contributed by atoms with E-state index in [1.807, 2.05) is 37.3 Å². The zero-order valence-electron chi connectivity index (χ0n) is 13.7. The van der Waals surface area contributed by atoms with Gasteiger partial charge in [0.1, 0.15) is 0 Å². The van der Waals surface area contributed by atoms with Gasteiger partial charge in [-0.2, -0.15) is 5.21 Å². The summed E-state index contributed by atoms with van der Waals surface area (Å²) in [7, 11) is 1.71. The van der Waals surface area contributed by atoms with Crippen LogP contribution in [0.1, 0.15) is 34.9 Å². The van der Waals surface area contributed by atoms with E-state index in [0.29, 0.717) is 24.0 Å². The van der Waals surface area contributed by atoms with Gasteiger partial charge in [-0.15, -0.1) is 10.2 Å². The Bertz CT molecular complexity index is 812. The quantitative estimate of drug-likeness (QED) is 0.770. The Morgan fingerprint density at radius 1 is 1.33 bits per heavy atom. The Morgan fingerprint density at radius 2 is 2.08 bits per heavy atom. The van der Waals surface area contributed by atoms with Crippen molar-refractivity contribution in [1.82, 2.24) is 30.5 Å². The molecule has 0 bridgehead atoms. The second-order valence-electron chi connectivity index (χ2n) is 5.66. The maximum Gasteiger partial charge on any atom is 0.291 e. The Balaban J connectivity index is 1.76. The number of H-pyrrole nitrogens is 1. The Labute approximate surface area is 138 Å². The number of likely N-dealkylation sites (N-methyl/N-ethyl adjacent to an activating group) is 1. The lowest BCUT2D eigenvalue weighted by molar-refractivity contribution is 0.0755. The molecule has 0 saturated carbocycles. The number of amides is 1. The molecule has 1 amide bonds. The molecule has 3 aromatic rings. The van der Waals surface area contributed by atoms with E-state index in [0.717, 1.165) is 5.56 Å². The monoisotopic (exact) mass is 326 g/mol. The summed E-state index contributed by atoms with van der Waals surface area (Å²) in [6.45, 7) is 4.14. The minimum atomic E-state index is -0.225. The second-order valence-corrected chi connectivity index (χ2v) is 5.66. The first kappa shape index (κ1) is 15.9. The van der Waals surface area contributed by atoms with E-state index in [2.05, 4.69) is 25.6 Å². The maximum atomic E-state index is 12.6. The van der Waals surface area contributed by atoms with Gasteiger partial charge in [0.05, 0.1) is 5.69 Å². The van der Waals surface area contributed by atoms with Gasteiger partial charge in [0.25, 0.3) is 5.91 Å². The number of hydrogen-bond acceptors (Lipinski definition) is 6. The van der Waals surface area contributed by atoms with Crippen molar-refractivity contribution in [2.45, 2.75) is 19.8 Å². The number of nitrogens with zero attached hydrogens (tertiary/aromatic N) is 5. The van der Waals surface area contributed by atoms with Gasteiger partial charge < -0.3 is 9.32 Å². The highest BCUT2D eigenvalue weighted by Gasteiger charge is 2.24. The van der Waals surface area contributed by atoms with Crippen molar-refractivity contribution in [2.75, 3.05) is 13.6 Å². The van der Waals surface area contributed by atoms with Crippen molar-refractivity contribution in [3.63, 3.8) is 0 Å². The number of nitrogens with one attached hydrogen (secondary N) is 1. The van der Waals surface area contributed by atoms with Crippen LogP contribution in [0.5, 0.6) is 0 Å². The maximum absolute atomic E-state index is 12.6. The van der Waals surface area contributed by atoms with Crippen LogP contribution < -0.4 is 0 Å². The summed E-state index contributed by atoms with van der Waals surface area (Å²) < 4.78 is 5.70. The molecular formula is C16H18N6O2. The molecular weight excluding hydrogens is 308 g/mol. The van der Waals surface area contributed by atoms with Crippen LogP contribution in [0.15, 0.2) is 34.7 Å². The molecule has 0 fully saturated rings. The third-order valence-electron chi connectivity index (χ3n) is 3.71. The summed E-state index contributed by atoms with van der Waals surface area (Å²) in [6, 6.07) is 9.49. The molecule has 8 nitrogen and oxygen atoms in total. The molecule has 3 rings (SSSR count). The fraction of sp³-hybridized carbons (Fsp3) is 0.312. The smallest absolute Gasteiger partial charge is 0.291 e. The Hall–Kier alpha value is -3.03. The predicted molar refractivity (Wildman–Crippen MR) is 86.2 cm³/mol. The fourth-order valence-corrected chi connectivity index (χ4v) is 2.43. The molecule has 0 aliphatic rings. The number of carbonyl (C=O) groups excluding carboxylic acids is 1. The van der Waals surface area contributed by atoms with Crippen molar-refractivity contribution in [3.05, 3.63) is 47.6 Å². The molecule has 1 atom stereocenters. The summed E-state index contributed by atoms with van der Waals surface area (Å²) in [4.78, 5) is 18.6. The standard InChI is InChI=1S/C16H18N6O2/c1-10(14-18-20-21-19-14)9-22(3)16(23)13-11(2)17-15(24-13)12-7-5-4-6-8-12/h4-8,10H,9H2,1-3H3,(H,18,19,20,21). The topological polar surface area (TPSA) is 101 Å². The second kappa shape index (κ2) is 6.61. The van der Waals surface area contributed by atoms with Crippen LogP contribution in [-0.2, 0) is 0 Å². The summed E-state index contributed by atoms with van der Waals surface area (Å²) >= 11 is 0. The third kappa shape index (κ3) is 3.17. The van der Waals surface area contributed by atoms with Gasteiger partial charge in [0.15, 0.2) is 5.82 Å². The number of aryl methyl sites for hydroxylation is 1. The lowest BCUT2D eigenvalue weighted by Gasteiger charge is -2.18. The molecule has 0 aliphatic heterocycles. The van der Waals surface area contributed by atoms with Crippen molar-refractivity contribution in [1.29, 1.82) is 0 Å². The average molecular weight is 326 g/mol. The highest BCUT2D eigenvalue weighted by atomic mass is 16.4. The SMILES string of the molecule is Cc1nc(-c2ccccc2)oc1C(=O)N(C)CC(C)c1nn[nH]n1. The van der Waals surface area contributed by atoms with Crippen LogP contribution in [0.25, 0.3) is 11.5 Å². The highest BCUT2D eigenvalue weighted by molar-refractivity contribution is 5.92. The van der Waals surface area contributed by atoms with E-state index in [1.54, 1.807) is 18.9 Å². The van der Waals surface area contributed by atoms with E-state index in [4.69, 9.17) is 4.42 Å². The first-order valence-corrected chi connectivity index (χ1v) is 7.58. The van der Waals surface area contributed by atoms with Crippen LogP contribution in [0.3, 0.4) is 0 Å². The van der Waals surface area contributed by atoms with Crippen molar-refractivity contribution < 1.29 is 9.21 Å². The zero-order valence-corrected chi connectivity index (χ0v) is 13.7. The molecule has 124 valence electrons. The molecule has 0 saturated heterocycles. The minimum Gasteiger partial charge on any atom is -0.431 e. The number of hydrogen-bond donors (Lipinski definition) is 1. The van der Waals surface area contributed by atoms with Gasteiger partial charge in [0, 0.05) is 25.1 Å². The lowest BCUT2D eigenvalue weighted by atomic mass is 10.1. The van der Waals surface area contributed by atoms with Crippen LogP contribution in [0.2, 0.25) is 0 Å². The van der Waals surface area contributed by atoms with E-state index in [1.165, 1.54) is 0 Å². The van der Waals surface area contributed by atoms with E-state index >= 15 is 0 Å². The normalized spacial score (nSPS) is 12.1.